The fourth-order valence-electron chi connectivity index (χ4n) is 1.53. The van der Waals surface area contributed by atoms with Crippen LogP contribution in [0.1, 0.15) is 24.2 Å². The number of hydrogen-bond donors (Lipinski definition) is 1. The zero-order chi connectivity index (χ0) is 12.0. The molecule has 0 amide bonds. The Kier molecular flexibility index (Phi) is 5.87. The summed E-state index contributed by atoms with van der Waals surface area (Å²) in [5, 5.41) is 4.51. The summed E-state index contributed by atoms with van der Waals surface area (Å²) in [5.41, 5.74) is 7.35. The molecule has 0 spiro atoms. The number of nitrogens with two attached hydrogens (primary N) is 1. The van der Waals surface area contributed by atoms with Crippen molar-refractivity contribution in [3.63, 3.8) is 0 Å². The van der Waals surface area contributed by atoms with Crippen molar-refractivity contribution in [3.8, 4) is 0 Å². The molecule has 0 radical (unpaired) electrons. The van der Waals surface area contributed by atoms with E-state index in [2.05, 4.69) is 12.0 Å². The first-order valence-corrected chi connectivity index (χ1v) is 6.58. The van der Waals surface area contributed by atoms with Crippen LogP contribution in [-0.4, -0.2) is 35.3 Å². The molecule has 1 aromatic heterocycles. The summed E-state index contributed by atoms with van der Waals surface area (Å²) in [4.78, 5) is 0. The lowest BCUT2D eigenvalue weighted by molar-refractivity contribution is 0.218. The molecule has 4 nitrogen and oxygen atoms in total. The molecular weight excluding hydrogens is 222 g/mol. The van der Waals surface area contributed by atoms with Gasteiger partial charge in [-0.05, 0) is 6.42 Å². The van der Waals surface area contributed by atoms with Crippen LogP contribution in [0.25, 0.3) is 0 Å². The van der Waals surface area contributed by atoms with E-state index >= 15 is 0 Å². The number of aromatic nitrogens is 2. The van der Waals surface area contributed by atoms with Gasteiger partial charge in [-0.25, -0.2) is 0 Å². The Hall–Kier alpha value is -0.520. The molecule has 2 N–H and O–H groups in total. The van der Waals surface area contributed by atoms with E-state index in [0.29, 0.717) is 5.25 Å². The van der Waals surface area contributed by atoms with E-state index in [9.17, 15) is 0 Å². The number of nitrogens with zero attached hydrogens (tertiary/aromatic N) is 2. The molecule has 1 rings (SSSR count). The van der Waals surface area contributed by atoms with E-state index in [-0.39, 0.29) is 6.04 Å². The van der Waals surface area contributed by atoms with Crippen LogP contribution in [0, 0.1) is 0 Å². The van der Waals surface area contributed by atoms with Crippen LogP contribution in [-0.2, 0) is 11.8 Å². The summed E-state index contributed by atoms with van der Waals surface area (Å²) >= 11 is 1.84. The van der Waals surface area contributed by atoms with Crippen molar-refractivity contribution in [1.29, 1.82) is 0 Å². The molecule has 1 heterocycles. The van der Waals surface area contributed by atoms with Gasteiger partial charge < -0.3 is 10.5 Å². The van der Waals surface area contributed by atoms with Crippen molar-refractivity contribution in [3.05, 3.63) is 18.0 Å². The predicted molar refractivity (Wildman–Crippen MR) is 68.5 cm³/mol. The molecule has 0 fully saturated rings. The van der Waals surface area contributed by atoms with Gasteiger partial charge in [0.25, 0.3) is 0 Å². The zero-order valence-corrected chi connectivity index (χ0v) is 11.0. The van der Waals surface area contributed by atoms with Crippen molar-refractivity contribution >= 4 is 11.8 Å². The third kappa shape index (κ3) is 3.81. The molecule has 0 aliphatic carbocycles. The number of hydrogen-bond acceptors (Lipinski definition) is 4. The van der Waals surface area contributed by atoms with E-state index in [1.54, 1.807) is 7.11 Å². The van der Waals surface area contributed by atoms with Gasteiger partial charge in [0.05, 0.1) is 12.8 Å². The normalized spacial score (nSPS) is 15.0. The summed E-state index contributed by atoms with van der Waals surface area (Å²) in [6, 6.07) is 0.172. The van der Waals surface area contributed by atoms with Crippen LogP contribution >= 0.6 is 11.8 Å². The Morgan fingerprint density at radius 1 is 1.62 bits per heavy atom. The van der Waals surface area contributed by atoms with E-state index in [4.69, 9.17) is 10.5 Å². The SMILES string of the molecule is CCC(N)C(SCCOC)c1cnn(C)c1. The fraction of sp³-hybridized carbons (Fsp3) is 0.727. The maximum Gasteiger partial charge on any atom is 0.0553 e. The number of aryl methyl sites for hydroxylation is 1. The van der Waals surface area contributed by atoms with Crippen molar-refractivity contribution in [2.75, 3.05) is 19.5 Å². The minimum absolute atomic E-state index is 0.172. The van der Waals surface area contributed by atoms with Crippen LogP contribution in [0.5, 0.6) is 0 Å². The smallest absolute Gasteiger partial charge is 0.0553 e. The molecule has 0 aliphatic heterocycles. The predicted octanol–water partition coefficient (Wildman–Crippen LogP) is 1.58. The minimum Gasteiger partial charge on any atom is -0.384 e. The largest absolute Gasteiger partial charge is 0.384 e. The third-order valence-electron chi connectivity index (χ3n) is 2.50. The molecule has 0 aromatic carbocycles. The van der Waals surface area contributed by atoms with Crippen LogP contribution in [0.4, 0.5) is 0 Å². The second kappa shape index (κ2) is 6.93. The molecule has 16 heavy (non-hydrogen) atoms. The van der Waals surface area contributed by atoms with E-state index in [1.807, 2.05) is 35.9 Å². The Morgan fingerprint density at radius 3 is 2.88 bits per heavy atom. The van der Waals surface area contributed by atoms with Gasteiger partial charge in [-0.3, -0.25) is 4.68 Å². The first-order valence-electron chi connectivity index (χ1n) is 5.53. The zero-order valence-electron chi connectivity index (χ0n) is 10.2. The molecular formula is C11H21N3OS. The number of ether oxygens (including phenoxy) is 1. The van der Waals surface area contributed by atoms with E-state index in [0.717, 1.165) is 18.8 Å². The number of methoxy groups -OCH3 is 1. The quantitative estimate of drug-likeness (QED) is 0.739. The van der Waals surface area contributed by atoms with Gasteiger partial charge in [-0.2, -0.15) is 5.10 Å². The first-order chi connectivity index (χ1) is 7.69. The standard InChI is InChI=1S/C11H21N3OS/c1-4-10(12)11(16-6-5-15-3)9-7-13-14(2)8-9/h7-8,10-11H,4-6,12H2,1-3H3. The summed E-state index contributed by atoms with van der Waals surface area (Å²) in [6.45, 7) is 2.88. The lowest BCUT2D eigenvalue weighted by atomic mass is 10.1. The molecule has 2 unspecified atom stereocenters. The minimum atomic E-state index is 0.172. The maximum absolute atomic E-state index is 6.14. The highest BCUT2D eigenvalue weighted by molar-refractivity contribution is 7.99. The van der Waals surface area contributed by atoms with Gasteiger partial charge in [0.2, 0.25) is 0 Å². The second-order valence-corrected chi connectivity index (χ2v) is 5.05. The molecule has 0 saturated carbocycles. The fourth-order valence-corrected chi connectivity index (χ4v) is 2.80. The first kappa shape index (κ1) is 13.5. The molecule has 0 bridgehead atoms. The average Bonchev–Trinajstić information content (AvgIpc) is 2.70. The maximum atomic E-state index is 6.14. The summed E-state index contributed by atoms with van der Waals surface area (Å²) in [6.07, 6.45) is 4.92. The Balaban J connectivity index is 2.63. The van der Waals surface area contributed by atoms with Gasteiger partial charge >= 0.3 is 0 Å². The van der Waals surface area contributed by atoms with Crippen LogP contribution in [0.3, 0.4) is 0 Å². The van der Waals surface area contributed by atoms with Gasteiger partial charge in [-0.15, -0.1) is 11.8 Å². The summed E-state index contributed by atoms with van der Waals surface area (Å²) < 4.78 is 6.89. The molecule has 0 saturated heterocycles. The molecule has 2 atom stereocenters. The van der Waals surface area contributed by atoms with Crippen molar-refractivity contribution in [1.82, 2.24) is 9.78 Å². The van der Waals surface area contributed by atoms with Gasteiger partial charge in [0, 0.05) is 43.0 Å². The Labute approximate surface area is 102 Å². The third-order valence-corrected chi connectivity index (χ3v) is 3.88. The summed E-state index contributed by atoms with van der Waals surface area (Å²) in [5.74, 6) is 0.962. The van der Waals surface area contributed by atoms with Crippen molar-refractivity contribution in [2.45, 2.75) is 24.6 Å². The topological polar surface area (TPSA) is 53.1 Å². The highest BCUT2D eigenvalue weighted by Gasteiger charge is 2.20. The summed E-state index contributed by atoms with van der Waals surface area (Å²) in [7, 11) is 3.65. The highest BCUT2D eigenvalue weighted by atomic mass is 32.2. The lowest BCUT2D eigenvalue weighted by Gasteiger charge is -2.21. The van der Waals surface area contributed by atoms with Crippen molar-refractivity contribution < 1.29 is 4.74 Å². The molecule has 0 aliphatic rings. The highest BCUT2D eigenvalue weighted by Crippen LogP contribution is 2.31. The molecule has 5 heteroatoms. The Morgan fingerprint density at radius 2 is 2.38 bits per heavy atom. The van der Waals surface area contributed by atoms with Gasteiger partial charge in [-0.1, -0.05) is 6.92 Å². The van der Waals surface area contributed by atoms with Crippen LogP contribution < -0.4 is 5.73 Å². The second-order valence-electron chi connectivity index (χ2n) is 3.80. The molecule has 92 valence electrons. The van der Waals surface area contributed by atoms with Gasteiger partial charge in [0.15, 0.2) is 0 Å². The molecule has 1 aromatic rings. The number of rotatable bonds is 7. The van der Waals surface area contributed by atoms with E-state index < -0.39 is 0 Å². The van der Waals surface area contributed by atoms with Crippen LogP contribution in [0.15, 0.2) is 12.4 Å². The monoisotopic (exact) mass is 243 g/mol. The lowest BCUT2D eigenvalue weighted by Crippen LogP contribution is -2.26. The number of thioether (sulfide) groups is 1. The van der Waals surface area contributed by atoms with E-state index in [1.165, 1.54) is 5.56 Å². The Bertz CT molecular complexity index is 303. The van der Waals surface area contributed by atoms with Gasteiger partial charge in [0.1, 0.15) is 0 Å². The van der Waals surface area contributed by atoms with Crippen molar-refractivity contribution in [2.24, 2.45) is 12.8 Å². The average molecular weight is 243 g/mol. The van der Waals surface area contributed by atoms with Crippen LogP contribution in [0.2, 0.25) is 0 Å².